The number of ether oxygens (including phenoxy) is 1. The highest BCUT2D eigenvalue weighted by Crippen LogP contribution is 2.37. The summed E-state index contributed by atoms with van der Waals surface area (Å²) in [5.41, 5.74) is 0.965. The molecule has 156 valence electrons. The predicted octanol–water partition coefficient (Wildman–Crippen LogP) is 3.54. The summed E-state index contributed by atoms with van der Waals surface area (Å²) < 4.78 is 56.5. The molecule has 0 atom stereocenters. The molecule has 0 saturated carbocycles. The first-order valence-electron chi connectivity index (χ1n) is 8.79. The maximum atomic E-state index is 12.9. The molecule has 2 aromatic rings. The number of fused-ring (bicyclic) bond motifs is 1. The number of nitrogens with zero attached hydrogens (tertiary/aromatic N) is 2. The van der Waals surface area contributed by atoms with Gasteiger partial charge in [0.15, 0.2) is 0 Å². The summed E-state index contributed by atoms with van der Waals surface area (Å²) in [5, 5.41) is 0.388. The molecule has 1 aliphatic rings. The van der Waals surface area contributed by atoms with Crippen molar-refractivity contribution in [3.05, 3.63) is 53.1 Å². The molecule has 10 heteroatoms. The van der Waals surface area contributed by atoms with E-state index in [4.69, 9.17) is 11.6 Å². The van der Waals surface area contributed by atoms with E-state index in [1.165, 1.54) is 42.3 Å². The molecule has 0 spiro atoms. The van der Waals surface area contributed by atoms with Crippen molar-refractivity contribution in [1.82, 2.24) is 4.31 Å². The molecule has 0 aliphatic carbocycles. The molecule has 0 N–H and O–H groups in total. The van der Waals surface area contributed by atoms with E-state index in [2.05, 4.69) is 4.74 Å². The summed E-state index contributed by atoms with van der Waals surface area (Å²) in [6.45, 7) is -3.20. The largest absolute Gasteiger partial charge is 0.433 e. The van der Waals surface area contributed by atoms with Gasteiger partial charge in [-0.25, -0.2) is 8.42 Å². The normalized spacial score (nSPS) is 14.2. The fourth-order valence-corrected chi connectivity index (χ4v) is 4.45. The smallest absolute Gasteiger partial charge is 0.387 e. The highest BCUT2D eigenvalue weighted by atomic mass is 35.5. The molecular weight excluding hydrogens is 426 g/mol. The number of aryl methyl sites for hydroxylation is 1. The minimum atomic E-state index is -3.92. The van der Waals surface area contributed by atoms with E-state index < -0.39 is 29.1 Å². The summed E-state index contributed by atoms with van der Waals surface area (Å²) in [6, 6.07) is 10.3. The van der Waals surface area contributed by atoms with Crippen LogP contribution in [0.4, 0.5) is 14.5 Å². The third kappa shape index (κ3) is 4.68. The number of alkyl halides is 2. The number of benzene rings is 2. The summed E-state index contributed by atoms with van der Waals surface area (Å²) in [6.07, 6.45) is 1.24. The average molecular weight is 445 g/mol. The summed E-state index contributed by atoms with van der Waals surface area (Å²) in [4.78, 5) is 14.2. The molecule has 0 unspecified atom stereocenters. The number of likely N-dealkylation sites (N-methyl/N-ethyl adjacent to an activating group) is 1. The molecule has 1 amide bonds. The molecular formula is C19H19ClF2N2O4S. The monoisotopic (exact) mass is 444 g/mol. The van der Waals surface area contributed by atoms with Crippen LogP contribution in [0.5, 0.6) is 5.75 Å². The number of carbonyl (C=O) groups is 1. The van der Waals surface area contributed by atoms with Crippen LogP contribution in [0.25, 0.3) is 0 Å². The van der Waals surface area contributed by atoms with Gasteiger partial charge in [0.1, 0.15) is 5.75 Å². The van der Waals surface area contributed by atoms with Crippen molar-refractivity contribution in [2.75, 3.05) is 25.0 Å². The standard InChI is InChI=1S/C19H19ClF2N2O4S/c1-23(29(26,27)15-9-7-14(20)8-10-15)12-17(25)24-11-3-5-13-4-2-6-16(18(13)24)28-19(21)22/h2,4,6-10,19H,3,5,11-12H2,1H3. The number of rotatable bonds is 6. The van der Waals surface area contributed by atoms with Crippen molar-refractivity contribution in [1.29, 1.82) is 0 Å². The van der Waals surface area contributed by atoms with Gasteiger partial charge < -0.3 is 9.64 Å². The lowest BCUT2D eigenvalue weighted by Crippen LogP contribution is -2.43. The van der Waals surface area contributed by atoms with Gasteiger partial charge >= 0.3 is 6.61 Å². The molecule has 0 aromatic heterocycles. The number of hydrogen-bond acceptors (Lipinski definition) is 4. The average Bonchev–Trinajstić information content (AvgIpc) is 2.67. The zero-order valence-corrected chi connectivity index (χ0v) is 17.1. The van der Waals surface area contributed by atoms with E-state index in [1.54, 1.807) is 12.1 Å². The quantitative estimate of drug-likeness (QED) is 0.683. The highest BCUT2D eigenvalue weighted by molar-refractivity contribution is 7.89. The van der Waals surface area contributed by atoms with Gasteiger partial charge in [0.05, 0.1) is 17.1 Å². The second-order valence-corrected chi connectivity index (χ2v) is 8.99. The highest BCUT2D eigenvalue weighted by Gasteiger charge is 2.30. The molecule has 0 saturated heterocycles. The Hall–Kier alpha value is -2.23. The lowest BCUT2D eigenvalue weighted by molar-refractivity contribution is -0.118. The number of amides is 1. The number of para-hydroxylation sites is 1. The molecule has 3 rings (SSSR count). The Bertz CT molecular complexity index is 1000. The third-order valence-corrected chi connectivity index (χ3v) is 6.65. The van der Waals surface area contributed by atoms with Crippen LogP contribution in [0, 0.1) is 0 Å². The first-order valence-corrected chi connectivity index (χ1v) is 10.6. The Morgan fingerprint density at radius 2 is 1.93 bits per heavy atom. The molecule has 6 nitrogen and oxygen atoms in total. The van der Waals surface area contributed by atoms with Crippen LogP contribution in [-0.4, -0.2) is 45.4 Å². The summed E-state index contributed by atoms with van der Waals surface area (Å²) in [7, 11) is -2.63. The van der Waals surface area contributed by atoms with Gasteiger partial charge in [-0.2, -0.15) is 13.1 Å². The number of sulfonamides is 1. The van der Waals surface area contributed by atoms with Crippen LogP contribution in [-0.2, 0) is 21.2 Å². The van der Waals surface area contributed by atoms with Crippen LogP contribution in [0.3, 0.4) is 0 Å². The van der Waals surface area contributed by atoms with Crippen molar-refractivity contribution in [3.63, 3.8) is 0 Å². The van der Waals surface area contributed by atoms with E-state index in [0.717, 1.165) is 4.31 Å². The summed E-state index contributed by atoms with van der Waals surface area (Å²) >= 11 is 5.79. The minimum Gasteiger partial charge on any atom is -0.433 e. The van der Waals surface area contributed by atoms with Crippen LogP contribution in [0.15, 0.2) is 47.4 Å². The lowest BCUT2D eigenvalue weighted by Gasteiger charge is -2.32. The van der Waals surface area contributed by atoms with Crippen LogP contribution in [0.1, 0.15) is 12.0 Å². The van der Waals surface area contributed by atoms with Crippen molar-refractivity contribution in [2.24, 2.45) is 0 Å². The van der Waals surface area contributed by atoms with Crippen molar-refractivity contribution >= 4 is 33.2 Å². The van der Waals surface area contributed by atoms with E-state index in [9.17, 15) is 22.0 Å². The van der Waals surface area contributed by atoms with Crippen LogP contribution >= 0.6 is 11.6 Å². The maximum absolute atomic E-state index is 12.9. The fourth-order valence-electron chi connectivity index (χ4n) is 3.20. The van der Waals surface area contributed by atoms with Gasteiger partial charge in [-0.15, -0.1) is 0 Å². The maximum Gasteiger partial charge on any atom is 0.387 e. The molecule has 0 radical (unpaired) electrons. The van der Waals surface area contributed by atoms with Crippen molar-refractivity contribution in [2.45, 2.75) is 24.3 Å². The Morgan fingerprint density at radius 3 is 2.59 bits per heavy atom. The van der Waals surface area contributed by atoms with Gasteiger partial charge in [0.2, 0.25) is 15.9 Å². The Balaban J connectivity index is 1.84. The van der Waals surface area contributed by atoms with E-state index in [0.29, 0.717) is 23.4 Å². The molecule has 29 heavy (non-hydrogen) atoms. The molecule has 1 aliphatic heterocycles. The van der Waals surface area contributed by atoms with Crippen molar-refractivity contribution in [3.8, 4) is 5.75 Å². The molecule has 2 aromatic carbocycles. The number of hydrogen-bond donors (Lipinski definition) is 0. The van der Waals surface area contributed by atoms with E-state index in [1.807, 2.05) is 0 Å². The Kier molecular flexibility index (Phi) is 6.40. The zero-order valence-electron chi connectivity index (χ0n) is 15.5. The molecule has 0 fully saturated rings. The van der Waals surface area contributed by atoms with Gasteiger partial charge in [0, 0.05) is 18.6 Å². The minimum absolute atomic E-state index is 0.00188. The number of anilines is 1. The second kappa shape index (κ2) is 8.64. The second-order valence-electron chi connectivity index (χ2n) is 6.51. The SMILES string of the molecule is CN(CC(=O)N1CCCc2cccc(OC(F)F)c21)S(=O)(=O)c1ccc(Cl)cc1. The Morgan fingerprint density at radius 1 is 1.24 bits per heavy atom. The van der Waals surface area contributed by atoms with E-state index in [-0.39, 0.29) is 22.9 Å². The van der Waals surface area contributed by atoms with Gasteiger partial charge in [-0.05, 0) is 48.7 Å². The van der Waals surface area contributed by atoms with Crippen LogP contribution < -0.4 is 9.64 Å². The topological polar surface area (TPSA) is 66.9 Å². The predicted molar refractivity (Wildman–Crippen MR) is 105 cm³/mol. The van der Waals surface area contributed by atoms with Gasteiger partial charge in [-0.3, -0.25) is 4.79 Å². The van der Waals surface area contributed by atoms with Gasteiger partial charge in [0.25, 0.3) is 0 Å². The summed E-state index contributed by atoms with van der Waals surface area (Å²) in [5.74, 6) is -0.634. The number of carbonyl (C=O) groups excluding carboxylic acids is 1. The van der Waals surface area contributed by atoms with Crippen LogP contribution in [0.2, 0.25) is 5.02 Å². The first kappa shape index (κ1) is 21.5. The Labute approximate surface area is 172 Å². The van der Waals surface area contributed by atoms with Gasteiger partial charge in [-0.1, -0.05) is 23.7 Å². The van der Waals surface area contributed by atoms with E-state index >= 15 is 0 Å². The lowest BCUT2D eigenvalue weighted by atomic mass is 10.0. The zero-order chi connectivity index (χ0) is 21.2. The first-order chi connectivity index (χ1) is 13.7. The molecule has 1 heterocycles. The third-order valence-electron chi connectivity index (χ3n) is 4.58. The fraction of sp³-hybridized carbons (Fsp3) is 0.316. The molecule has 0 bridgehead atoms. The number of halogens is 3. The van der Waals surface area contributed by atoms with Crippen molar-refractivity contribution < 1.29 is 26.7 Å².